The molecular formula is C22H29N3O5. The topological polar surface area (TPSA) is 101 Å². The third-order valence-corrected chi connectivity index (χ3v) is 5.67. The Hall–Kier alpha value is -2.87. The van der Waals surface area contributed by atoms with Crippen LogP contribution in [0.25, 0.3) is 10.9 Å². The van der Waals surface area contributed by atoms with E-state index in [1.54, 1.807) is 6.92 Å². The number of nitrogens with zero attached hydrogens (tertiary/aromatic N) is 1. The van der Waals surface area contributed by atoms with Gasteiger partial charge in [-0.2, -0.15) is 0 Å². The van der Waals surface area contributed by atoms with E-state index in [0.717, 1.165) is 16.5 Å². The molecule has 2 N–H and O–H groups in total. The zero-order valence-corrected chi connectivity index (χ0v) is 17.9. The molecule has 0 radical (unpaired) electrons. The Balaban J connectivity index is 1.74. The molecule has 1 aromatic heterocycles. The van der Waals surface area contributed by atoms with Crippen LogP contribution in [0.15, 0.2) is 18.2 Å². The number of benzene rings is 1. The molecule has 0 saturated carbocycles. The molecule has 2 heterocycles. The van der Waals surface area contributed by atoms with Gasteiger partial charge in [-0.25, -0.2) is 4.79 Å². The number of carbonyl (C=O) groups excluding carboxylic acids is 3. The van der Waals surface area contributed by atoms with Crippen LogP contribution in [0.5, 0.6) is 0 Å². The normalized spacial score (nSPS) is 16.3. The molecule has 162 valence electrons. The summed E-state index contributed by atoms with van der Waals surface area (Å²) in [6.45, 7) is 7.23. The van der Waals surface area contributed by atoms with Crippen LogP contribution in [0.2, 0.25) is 0 Å². The number of carbonyl (C=O) groups is 3. The number of nitrogens with one attached hydrogen (secondary N) is 2. The highest BCUT2D eigenvalue weighted by Gasteiger charge is 2.31. The van der Waals surface area contributed by atoms with Crippen LogP contribution in [0, 0.1) is 12.8 Å². The maximum absolute atomic E-state index is 13.0. The molecule has 3 rings (SSSR count). The van der Waals surface area contributed by atoms with Crippen molar-refractivity contribution in [3.05, 3.63) is 29.5 Å². The van der Waals surface area contributed by atoms with Crippen LogP contribution in [0.3, 0.4) is 0 Å². The fourth-order valence-corrected chi connectivity index (χ4v) is 3.87. The van der Waals surface area contributed by atoms with E-state index in [-0.39, 0.29) is 23.5 Å². The van der Waals surface area contributed by atoms with Crippen LogP contribution in [-0.4, -0.2) is 60.6 Å². The molecule has 1 aliphatic heterocycles. The number of piperidine rings is 1. The number of hydrogen-bond donors (Lipinski definition) is 2. The van der Waals surface area contributed by atoms with Crippen molar-refractivity contribution in [2.45, 2.75) is 39.7 Å². The number of rotatable bonds is 6. The van der Waals surface area contributed by atoms with Crippen molar-refractivity contribution in [3.8, 4) is 0 Å². The summed E-state index contributed by atoms with van der Waals surface area (Å²) < 4.78 is 9.98. The number of fused-ring (bicyclic) bond motifs is 1. The molecule has 8 nitrogen and oxygen atoms in total. The van der Waals surface area contributed by atoms with Gasteiger partial charge in [0.1, 0.15) is 5.69 Å². The number of aromatic nitrogens is 1. The number of H-pyrrole nitrogens is 1. The highest BCUT2D eigenvalue weighted by atomic mass is 16.5. The molecule has 0 unspecified atom stereocenters. The summed E-state index contributed by atoms with van der Waals surface area (Å²) in [4.78, 5) is 42.3. The first-order valence-corrected chi connectivity index (χ1v) is 10.3. The van der Waals surface area contributed by atoms with Gasteiger partial charge >= 0.3 is 11.9 Å². The van der Waals surface area contributed by atoms with E-state index in [1.807, 2.05) is 36.9 Å². The second kappa shape index (κ2) is 9.30. The number of anilines is 1. The van der Waals surface area contributed by atoms with Crippen LogP contribution >= 0.6 is 0 Å². The van der Waals surface area contributed by atoms with E-state index in [4.69, 9.17) is 9.47 Å². The van der Waals surface area contributed by atoms with E-state index in [2.05, 4.69) is 10.3 Å². The molecule has 0 aliphatic carbocycles. The summed E-state index contributed by atoms with van der Waals surface area (Å²) in [5.74, 6) is -1.02. The minimum atomic E-state index is -0.540. The Morgan fingerprint density at radius 2 is 1.97 bits per heavy atom. The lowest BCUT2D eigenvalue weighted by atomic mass is 9.96. The number of hydrogen-bond acceptors (Lipinski definition) is 6. The SMILES string of the molecule is CCOC(=O)C1CCN([C@@H](C)C(=O)Nc2c(C(=O)OC)[nH]c3ccc(C)cc23)CC1. The number of likely N-dealkylation sites (tertiary alicyclic amines) is 1. The van der Waals surface area contributed by atoms with Crippen LogP contribution in [0.4, 0.5) is 5.69 Å². The van der Waals surface area contributed by atoms with Crippen LogP contribution in [0.1, 0.15) is 42.7 Å². The van der Waals surface area contributed by atoms with Gasteiger partial charge in [0.05, 0.1) is 31.4 Å². The lowest BCUT2D eigenvalue weighted by Gasteiger charge is -2.34. The summed E-state index contributed by atoms with van der Waals surface area (Å²) >= 11 is 0. The molecule has 30 heavy (non-hydrogen) atoms. The molecule has 0 spiro atoms. The van der Waals surface area contributed by atoms with Crippen molar-refractivity contribution < 1.29 is 23.9 Å². The van der Waals surface area contributed by atoms with Gasteiger partial charge in [0.25, 0.3) is 0 Å². The molecule has 1 fully saturated rings. The largest absolute Gasteiger partial charge is 0.466 e. The number of amides is 1. The first kappa shape index (κ1) is 21.8. The second-order valence-electron chi connectivity index (χ2n) is 7.64. The average molecular weight is 415 g/mol. The molecule has 1 atom stereocenters. The third kappa shape index (κ3) is 4.48. The van der Waals surface area contributed by atoms with Crippen LogP contribution in [-0.2, 0) is 19.1 Å². The van der Waals surface area contributed by atoms with Gasteiger partial charge in [0, 0.05) is 10.9 Å². The predicted octanol–water partition coefficient (Wildman–Crippen LogP) is 2.87. The monoisotopic (exact) mass is 415 g/mol. The fourth-order valence-electron chi connectivity index (χ4n) is 3.87. The molecule has 2 aromatic rings. The zero-order chi connectivity index (χ0) is 21.8. The molecule has 0 bridgehead atoms. The molecule has 1 aromatic carbocycles. The Morgan fingerprint density at radius 3 is 2.60 bits per heavy atom. The summed E-state index contributed by atoms with van der Waals surface area (Å²) in [7, 11) is 1.31. The fraction of sp³-hybridized carbons (Fsp3) is 0.500. The Morgan fingerprint density at radius 1 is 1.27 bits per heavy atom. The van der Waals surface area contributed by atoms with E-state index >= 15 is 0 Å². The van der Waals surface area contributed by atoms with Crippen molar-refractivity contribution in [2.24, 2.45) is 5.92 Å². The van der Waals surface area contributed by atoms with E-state index in [0.29, 0.717) is 38.2 Å². The first-order valence-electron chi connectivity index (χ1n) is 10.3. The highest BCUT2D eigenvalue weighted by molar-refractivity contribution is 6.11. The van der Waals surface area contributed by atoms with E-state index in [9.17, 15) is 14.4 Å². The van der Waals surface area contributed by atoms with Crippen molar-refractivity contribution >= 4 is 34.4 Å². The Kier molecular flexibility index (Phi) is 6.77. The summed E-state index contributed by atoms with van der Waals surface area (Å²) in [5.41, 5.74) is 2.42. The van der Waals surface area contributed by atoms with Gasteiger partial charge < -0.3 is 19.8 Å². The van der Waals surface area contributed by atoms with Gasteiger partial charge in [0.15, 0.2) is 0 Å². The summed E-state index contributed by atoms with van der Waals surface area (Å²) in [5, 5.41) is 3.68. The predicted molar refractivity (Wildman–Crippen MR) is 113 cm³/mol. The number of aromatic amines is 1. The molecule has 8 heteroatoms. The lowest BCUT2D eigenvalue weighted by Crippen LogP contribution is -2.47. The number of methoxy groups -OCH3 is 1. The minimum Gasteiger partial charge on any atom is -0.466 e. The van der Waals surface area contributed by atoms with E-state index in [1.165, 1.54) is 7.11 Å². The van der Waals surface area contributed by atoms with Gasteiger partial charge in [0.2, 0.25) is 5.91 Å². The second-order valence-corrected chi connectivity index (χ2v) is 7.64. The van der Waals surface area contributed by atoms with Crippen LogP contribution < -0.4 is 5.32 Å². The smallest absolute Gasteiger partial charge is 0.356 e. The molecule has 1 saturated heterocycles. The van der Waals surface area contributed by atoms with Gasteiger partial charge in [-0.05, 0) is 58.8 Å². The summed E-state index contributed by atoms with van der Waals surface area (Å²) in [6.07, 6.45) is 1.33. The number of aryl methyl sites for hydroxylation is 1. The standard InChI is InChI=1S/C22H29N3O5/c1-5-30-21(27)15-8-10-25(11-9-15)14(3)20(26)24-18-16-12-13(2)6-7-17(16)23-19(18)22(28)29-4/h6-7,12,14-15,23H,5,8-11H2,1-4H3,(H,24,26)/t14-/m0/s1. The van der Waals surface area contributed by atoms with Crippen molar-refractivity contribution in [1.29, 1.82) is 0 Å². The van der Waals surface area contributed by atoms with Crippen molar-refractivity contribution in [1.82, 2.24) is 9.88 Å². The van der Waals surface area contributed by atoms with E-state index < -0.39 is 12.0 Å². The van der Waals surface area contributed by atoms with Gasteiger partial charge in [-0.1, -0.05) is 11.6 Å². The lowest BCUT2D eigenvalue weighted by molar-refractivity contribution is -0.149. The Bertz CT molecular complexity index is 944. The Labute approximate surface area is 175 Å². The maximum atomic E-state index is 13.0. The van der Waals surface area contributed by atoms with Crippen molar-refractivity contribution in [2.75, 3.05) is 32.1 Å². The van der Waals surface area contributed by atoms with Crippen molar-refractivity contribution in [3.63, 3.8) is 0 Å². The highest BCUT2D eigenvalue weighted by Crippen LogP contribution is 2.30. The average Bonchev–Trinajstić information content (AvgIpc) is 3.10. The number of esters is 2. The maximum Gasteiger partial charge on any atom is 0.356 e. The zero-order valence-electron chi connectivity index (χ0n) is 17.9. The molecule has 1 aliphatic rings. The van der Waals surface area contributed by atoms with Gasteiger partial charge in [-0.15, -0.1) is 0 Å². The number of ether oxygens (including phenoxy) is 2. The van der Waals surface area contributed by atoms with Gasteiger partial charge in [-0.3, -0.25) is 14.5 Å². The first-order chi connectivity index (χ1) is 14.3. The molecule has 1 amide bonds. The minimum absolute atomic E-state index is 0.112. The summed E-state index contributed by atoms with van der Waals surface area (Å²) in [6, 6.07) is 5.31. The molecular weight excluding hydrogens is 386 g/mol. The quantitative estimate of drug-likeness (QED) is 0.704. The third-order valence-electron chi connectivity index (χ3n) is 5.67.